The molecule has 1 aromatic carbocycles. The number of amides is 1. The van der Waals surface area contributed by atoms with Gasteiger partial charge in [-0.3, -0.25) is 4.79 Å². The molecule has 0 radical (unpaired) electrons. The van der Waals surface area contributed by atoms with Crippen LogP contribution in [0.3, 0.4) is 0 Å². The predicted molar refractivity (Wildman–Crippen MR) is 116 cm³/mol. The average molecular weight is 417 g/mol. The van der Waals surface area contributed by atoms with E-state index < -0.39 is 6.10 Å². The fourth-order valence-corrected chi connectivity index (χ4v) is 4.33. The second-order valence-corrected chi connectivity index (χ2v) is 8.58. The molecule has 1 unspecified atom stereocenters. The number of nitrogens with zero attached hydrogens (tertiary/aromatic N) is 2. The van der Waals surface area contributed by atoms with Crippen molar-refractivity contribution >= 4 is 16.9 Å². The predicted octanol–water partition coefficient (Wildman–Crippen LogP) is 2.29. The first-order valence-corrected chi connectivity index (χ1v) is 10.5. The fourth-order valence-electron chi connectivity index (χ4n) is 4.33. The van der Waals surface area contributed by atoms with Crippen molar-refractivity contribution in [2.45, 2.75) is 39.2 Å². The van der Waals surface area contributed by atoms with Gasteiger partial charge in [0.05, 0.1) is 6.61 Å². The number of hydrogen-bond acceptors (Lipinski definition) is 6. The molecule has 7 heteroatoms. The molecule has 0 spiro atoms. The summed E-state index contributed by atoms with van der Waals surface area (Å²) in [6.07, 6.45) is 1.61. The Hall–Kier alpha value is -2.38. The number of rotatable bonds is 7. The molecule has 1 fully saturated rings. The van der Waals surface area contributed by atoms with Crippen molar-refractivity contribution in [1.29, 1.82) is 0 Å². The van der Waals surface area contributed by atoms with Gasteiger partial charge in [0.1, 0.15) is 11.3 Å². The van der Waals surface area contributed by atoms with Crippen molar-refractivity contribution in [3.05, 3.63) is 40.2 Å². The molecule has 2 heterocycles. The van der Waals surface area contributed by atoms with E-state index in [0.717, 1.165) is 36.8 Å². The highest BCUT2D eigenvalue weighted by atomic mass is 16.5. The Morgan fingerprint density at radius 1 is 1.30 bits per heavy atom. The van der Waals surface area contributed by atoms with Gasteiger partial charge in [0.15, 0.2) is 6.10 Å². The fraction of sp³-hybridized carbons (Fsp3) is 0.565. The maximum Gasteiger partial charge on any atom is 0.336 e. The number of hydrogen-bond donors (Lipinski definition) is 1. The van der Waals surface area contributed by atoms with Gasteiger partial charge < -0.3 is 24.1 Å². The van der Waals surface area contributed by atoms with Gasteiger partial charge in [-0.05, 0) is 58.0 Å². The van der Waals surface area contributed by atoms with Crippen molar-refractivity contribution < 1.29 is 19.1 Å². The van der Waals surface area contributed by atoms with E-state index in [9.17, 15) is 14.7 Å². The van der Waals surface area contributed by atoms with Crippen molar-refractivity contribution in [2.24, 2.45) is 5.41 Å². The Kier molecular flexibility index (Phi) is 6.83. The number of benzene rings is 1. The molecule has 1 aliphatic heterocycles. The molecule has 1 aliphatic rings. The molecule has 1 atom stereocenters. The summed E-state index contributed by atoms with van der Waals surface area (Å²) in [4.78, 5) is 28.6. The summed E-state index contributed by atoms with van der Waals surface area (Å²) in [5.74, 6) is 0.421. The summed E-state index contributed by atoms with van der Waals surface area (Å²) in [6, 6.07) is 6.84. The smallest absolute Gasteiger partial charge is 0.336 e. The molecule has 1 amide bonds. The van der Waals surface area contributed by atoms with Gasteiger partial charge in [-0.15, -0.1) is 0 Å². The SMILES string of the molecule is CCc1cc(=O)oc2cc(OC(C)C(=O)N3CCC(CO)(CN(C)C)CC3)ccc12. The third-order valence-electron chi connectivity index (χ3n) is 5.97. The molecule has 0 aliphatic carbocycles. The number of likely N-dealkylation sites (tertiary alicyclic amines) is 1. The van der Waals surface area contributed by atoms with E-state index in [1.807, 2.05) is 32.0 Å². The molecule has 0 saturated carbocycles. The van der Waals surface area contributed by atoms with Crippen LogP contribution in [0.25, 0.3) is 11.0 Å². The van der Waals surface area contributed by atoms with Crippen molar-refractivity contribution in [1.82, 2.24) is 9.80 Å². The summed E-state index contributed by atoms with van der Waals surface area (Å²) in [5, 5.41) is 10.8. The van der Waals surface area contributed by atoms with Crippen LogP contribution in [0, 0.1) is 5.41 Å². The number of fused-ring (bicyclic) bond motifs is 1. The third kappa shape index (κ3) is 4.84. The Morgan fingerprint density at radius 3 is 2.60 bits per heavy atom. The molecule has 1 saturated heterocycles. The van der Waals surface area contributed by atoms with Gasteiger partial charge in [-0.25, -0.2) is 4.79 Å². The molecule has 2 aromatic rings. The maximum atomic E-state index is 12.9. The topological polar surface area (TPSA) is 83.2 Å². The standard InChI is InChI=1S/C23H32N2O5/c1-5-17-12-21(27)30-20-13-18(6-7-19(17)20)29-16(2)22(28)25-10-8-23(15-26,9-11-25)14-24(3)4/h6-7,12-13,16,26H,5,8-11,14-15H2,1-4H3. The molecular formula is C23H32N2O5. The van der Waals surface area contributed by atoms with Gasteiger partial charge >= 0.3 is 5.63 Å². The third-order valence-corrected chi connectivity index (χ3v) is 5.97. The molecule has 1 aromatic heterocycles. The van der Waals surface area contributed by atoms with E-state index >= 15 is 0 Å². The zero-order chi connectivity index (χ0) is 21.9. The first kappa shape index (κ1) is 22.3. The molecule has 30 heavy (non-hydrogen) atoms. The Balaban J connectivity index is 1.67. The molecular weight excluding hydrogens is 384 g/mol. The largest absolute Gasteiger partial charge is 0.481 e. The first-order valence-electron chi connectivity index (χ1n) is 10.5. The lowest BCUT2D eigenvalue weighted by atomic mass is 9.78. The average Bonchev–Trinajstić information content (AvgIpc) is 2.72. The van der Waals surface area contributed by atoms with Crippen LogP contribution < -0.4 is 10.4 Å². The van der Waals surface area contributed by atoms with Crippen LogP contribution in [-0.4, -0.2) is 67.3 Å². The Morgan fingerprint density at radius 2 is 2.00 bits per heavy atom. The summed E-state index contributed by atoms with van der Waals surface area (Å²) in [5.41, 5.74) is 0.845. The van der Waals surface area contributed by atoms with Crippen molar-refractivity contribution in [3.8, 4) is 5.75 Å². The van der Waals surface area contributed by atoms with Crippen LogP contribution in [-0.2, 0) is 11.2 Å². The minimum atomic E-state index is -0.654. The molecule has 3 rings (SSSR count). The number of carbonyl (C=O) groups is 1. The highest BCUT2D eigenvalue weighted by Gasteiger charge is 2.37. The molecule has 1 N–H and O–H groups in total. The second kappa shape index (κ2) is 9.18. The summed E-state index contributed by atoms with van der Waals surface area (Å²) < 4.78 is 11.2. The van der Waals surface area contributed by atoms with Crippen molar-refractivity contribution in [3.63, 3.8) is 0 Å². The minimum absolute atomic E-state index is 0.0738. The van der Waals surface area contributed by atoms with Crippen LogP contribution in [0.5, 0.6) is 5.75 Å². The Labute approximate surface area is 177 Å². The van der Waals surface area contributed by atoms with Crippen LogP contribution >= 0.6 is 0 Å². The lowest BCUT2D eigenvalue weighted by Crippen LogP contribution is -2.51. The number of aliphatic hydroxyl groups is 1. The van der Waals surface area contributed by atoms with E-state index in [1.165, 1.54) is 6.07 Å². The number of aryl methyl sites for hydroxylation is 1. The zero-order valence-corrected chi connectivity index (χ0v) is 18.3. The Bertz CT molecular complexity index is 944. The highest BCUT2D eigenvalue weighted by molar-refractivity contribution is 5.83. The maximum absolute atomic E-state index is 12.9. The highest BCUT2D eigenvalue weighted by Crippen LogP contribution is 2.32. The lowest BCUT2D eigenvalue weighted by molar-refractivity contribution is -0.141. The molecule has 164 valence electrons. The van der Waals surface area contributed by atoms with E-state index in [1.54, 1.807) is 19.1 Å². The van der Waals surface area contributed by atoms with Crippen LogP contribution in [0.1, 0.15) is 32.3 Å². The van der Waals surface area contributed by atoms with Gasteiger partial charge in [-0.1, -0.05) is 6.92 Å². The normalized spacial score (nSPS) is 17.3. The zero-order valence-electron chi connectivity index (χ0n) is 18.3. The van der Waals surface area contributed by atoms with Crippen LogP contribution in [0.2, 0.25) is 0 Å². The van der Waals surface area contributed by atoms with E-state index in [-0.39, 0.29) is 23.6 Å². The number of carbonyl (C=O) groups excluding carboxylic acids is 1. The second-order valence-electron chi connectivity index (χ2n) is 8.58. The van der Waals surface area contributed by atoms with E-state index in [0.29, 0.717) is 24.4 Å². The van der Waals surface area contributed by atoms with Crippen LogP contribution in [0.4, 0.5) is 0 Å². The monoisotopic (exact) mass is 416 g/mol. The lowest BCUT2D eigenvalue weighted by Gasteiger charge is -2.42. The van der Waals surface area contributed by atoms with Crippen molar-refractivity contribution in [2.75, 3.05) is 40.3 Å². The summed E-state index contributed by atoms with van der Waals surface area (Å²) in [6.45, 7) is 5.86. The minimum Gasteiger partial charge on any atom is -0.481 e. The van der Waals surface area contributed by atoms with Gasteiger partial charge in [0, 0.05) is 42.6 Å². The summed E-state index contributed by atoms with van der Waals surface area (Å²) in [7, 11) is 4.00. The number of aliphatic hydroxyl groups excluding tert-OH is 1. The summed E-state index contributed by atoms with van der Waals surface area (Å²) >= 11 is 0. The number of ether oxygens (including phenoxy) is 1. The first-order chi connectivity index (χ1) is 14.3. The van der Waals surface area contributed by atoms with Gasteiger partial charge in [-0.2, -0.15) is 0 Å². The molecule has 0 bridgehead atoms. The number of piperidine rings is 1. The molecule has 7 nitrogen and oxygen atoms in total. The van der Waals surface area contributed by atoms with E-state index in [2.05, 4.69) is 4.90 Å². The van der Waals surface area contributed by atoms with Gasteiger partial charge in [0.2, 0.25) is 0 Å². The van der Waals surface area contributed by atoms with Crippen LogP contribution in [0.15, 0.2) is 33.5 Å². The van der Waals surface area contributed by atoms with E-state index in [4.69, 9.17) is 9.15 Å². The van der Waals surface area contributed by atoms with Gasteiger partial charge in [0.25, 0.3) is 5.91 Å². The quantitative estimate of drug-likeness (QED) is 0.698.